The quantitative estimate of drug-likeness (QED) is 0.790. The molecule has 1 heterocycles. The minimum Gasteiger partial charge on any atom is -0.349 e. The van der Waals surface area contributed by atoms with Crippen LogP contribution in [0.25, 0.3) is 0 Å². The van der Waals surface area contributed by atoms with Gasteiger partial charge in [-0.05, 0) is 37.1 Å². The zero-order valence-corrected chi connectivity index (χ0v) is 15.6. The molecule has 0 atom stereocenters. The third-order valence-corrected chi connectivity index (χ3v) is 6.39. The molecule has 1 aromatic rings. The fourth-order valence-electron chi connectivity index (χ4n) is 2.51. The van der Waals surface area contributed by atoms with Gasteiger partial charge in [0.05, 0.1) is 4.90 Å². The maximum atomic E-state index is 12.5. The van der Waals surface area contributed by atoms with Crippen molar-refractivity contribution >= 4 is 25.8 Å². The Balaban J connectivity index is 2.01. The lowest BCUT2D eigenvalue weighted by Crippen LogP contribution is -2.35. The summed E-state index contributed by atoms with van der Waals surface area (Å²) in [6, 6.07) is 5.75. The molecule has 138 valence electrons. The lowest BCUT2D eigenvalue weighted by Gasteiger charge is -2.25. The molecular weight excluding hydrogens is 364 g/mol. The molecule has 9 heteroatoms. The topological polar surface area (TPSA) is 101 Å². The highest BCUT2D eigenvalue weighted by Crippen LogP contribution is 2.20. The minimum atomic E-state index is -3.52. The molecule has 0 aliphatic carbocycles. The normalized spacial score (nSPS) is 16.8. The van der Waals surface area contributed by atoms with Gasteiger partial charge in [0.25, 0.3) is 5.91 Å². The van der Waals surface area contributed by atoms with Crippen LogP contribution in [-0.4, -0.2) is 52.9 Å². The van der Waals surface area contributed by atoms with E-state index in [4.69, 9.17) is 0 Å². The van der Waals surface area contributed by atoms with E-state index in [1.165, 1.54) is 34.6 Å². The molecule has 0 spiro atoms. The van der Waals surface area contributed by atoms with Crippen LogP contribution >= 0.6 is 0 Å². The van der Waals surface area contributed by atoms with E-state index >= 15 is 0 Å². The van der Waals surface area contributed by atoms with Crippen LogP contribution in [0.3, 0.4) is 0 Å². The zero-order valence-electron chi connectivity index (χ0n) is 14.0. The number of piperidine rings is 1. The first-order chi connectivity index (χ1) is 11.7. The summed E-state index contributed by atoms with van der Waals surface area (Å²) in [6.45, 7) is 1.12. The summed E-state index contributed by atoms with van der Waals surface area (Å²) in [5.41, 5.74) is 0.311. The third-order valence-electron chi connectivity index (χ3n) is 3.79. The Morgan fingerprint density at radius 2 is 1.68 bits per heavy atom. The highest BCUT2D eigenvalue weighted by atomic mass is 32.2. The van der Waals surface area contributed by atoms with Crippen molar-refractivity contribution in [1.82, 2.24) is 9.62 Å². The SMILES string of the molecule is CS(=O)(=O)/C=C/CNC(=O)c1ccc(S(=O)(=O)N2CCCCC2)cc1. The van der Waals surface area contributed by atoms with E-state index in [0.29, 0.717) is 18.7 Å². The van der Waals surface area contributed by atoms with Crippen molar-refractivity contribution in [2.75, 3.05) is 25.9 Å². The van der Waals surface area contributed by atoms with Gasteiger partial charge in [-0.3, -0.25) is 4.79 Å². The van der Waals surface area contributed by atoms with Gasteiger partial charge in [-0.25, -0.2) is 16.8 Å². The Morgan fingerprint density at radius 1 is 1.08 bits per heavy atom. The average Bonchev–Trinajstić information content (AvgIpc) is 2.58. The molecule has 25 heavy (non-hydrogen) atoms. The summed E-state index contributed by atoms with van der Waals surface area (Å²) in [4.78, 5) is 12.1. The number of carbonyl (C=O) groups is 1. The van der Waals surface area contributed by atoms with E-state index < -0.39 is 25.8 Å². The van der Waals surface area contributed by atoms with Gasteiger partial charge in [0.2, 0.25) is 10.0 Å². The second-order valence-corrected chi connectivity index (χ2v) is 9.77. The van der Waals surface area contributed by atoms with Gasteiger partial charge in [0.15, 0.2) is 9.84 Å². The minimum absolute atomic E-state index is 0.0692. The van der Waals surface area contributed by atoms with Crippen molar-refractivity contribution in [2.24, 2.45) is 0 Å². The molecule has 0 aromatic heterocycles. The fourth-order valence-corrected chi connectivity index (χ4v) is 4.47. The van der Waals surface area contributed by atoms with E-state index in [1.54, 1.807) is 0 Å². The van der Waals surface area contributed by atoms with Crippen LogP contribution in [-0.2, 0) is 19.9 Å². The van der Waals surface area contributed by atoms with Crippen LogP contribution < -0.4 is 5.32 Å². The highest BCUT2D eigenvalue weighted by molar-refractivity contribution is 7.93. The number of hydrogen-bond acceptors (Lipinski definition) is 5. The molecule has 0 saturated carbocycles. The maximum Gasteiger partial charge on any atom is 0.251 e. The molecule has 1 N–H and O–H groups in total. The summed E-state index contributed by atoms with van der Waals surface area (Å²) >= 11 is 0. The van der Waals surface area contributed by atoms with Crippen molar-refractivity contribution < 1.29 is 21.6 Å². The van der Waals surface area contributed by atoms with Gasteiger partial charge in [0.1, 0.15) is 0 Å². The van der Waals surface area contributed by atoms with E-state index in [9.17, 15) is 21.6 Å². The molecule has 0 unspecified atom stereocenters. The molecule has 0 radical (unpaired) electrons. The lowest BCUT2D eigenvalue weighted by molar-refractivity contribution is 0.0958. The van der Waals surface area contributed by atoms with Crippen LogP contribution in [0.15, 0.2) is 40.6 Å². The number of sulfone groups is 1. The molecule has 2 rings (SSSR count). The number of rotatable bonds is 6. The van der Waals surface area contributed by atoms with Gasteiger partial charge >= 0.3 is 0 Å². The molecular formula is C16H22N2O5S2. The Bertz CT molecular complexity index is 837. The summed E-state index contributed by atoms with van der Waals surface area (Å²) in [7, 11) is -6.74. The predicted octanol–water partition coefficient (Wildman–Crippen LogP) is 1.15. The molecule has 1 amide bonds. The number of benzene rings is 1. The highest BCUT2D eigenvalue weighted by Gasteiger charge is 2.25. The monoisotopic (exact) mass is 386 g/mol. The van der Waals surface area contributed by atoms with Crippen molar-refractivity contribution in [2.45, 2.75) is 24.2 Å². The van der Waals surface area contributed by atoms with Crippen molar-refractivity contribution in [3.05, 3.63) is 41.3 Å². The van der Waals surface area contributed by atoms with Crippen molar-refractivity contribution in [3.63, 3.8) is 0 Å². The summed E-state index contributed by atoms with van der Waals surface area (Å²) in [5, 5.41) is 3.56. The Morgan fingerprint density at radius 3 is 2.24 bits per heavy atom. The van der Waals surface area contributed by atoms with Crippen LogP contribution in [0.2, 0.25) is 0 Å². The fraction of sp³-hybridized carbons (Fsp3) is 0.438. The van der Waals surface area contributed by atoms with E-state index in [0.717, 1.165) is 30.9 Å². The maximum absolute atomic E-state index is 12.5. The second-order valence-electron chi connectivity index (χ2n) is 5.90. The molecule has 1 aromatic carbocycles. The van der Waals surface area contributed by atoms with E-state index in [-0.39, 0.29) is 11.4 Å². The molecule has 1 saturated heterocycles. The molecule has 7 nitrogen and oxygen atoms in total. The van der Waals surface area contributed by atoms with Crippen LogP contribution in [0, 0.1) is 0 Å². The first-order valence-electron chi connectivity index (χ1n) is 7.95. The largest absolute Gasteiger partial charge is 0.349 e. The Hall–Kier alpha value is -1.71. The number of amides is 1. The molecule has 0 bridgehead atoms. The Kier molecular flexibility index (Phi) is 6.36. The molecule has 1 aliphatic rings. The lowest BCUT2D eigenvalue weighted by atomic mass is 10.2. The van der Waals surface area contributed by atoms with Crippen molar-refractivity contribution in [3.8, 4) is 0 Å². The summed E-state index contributed by atoms with van der Waals surface area (Å²) in [5.74, 6) is -0.403. The molecule has 1 aliphatic heterocycles. The smallest absolute Gasteiger partial charge is 0.251 e. The Labute approximate surface area is 148 Å². The van der Waals surface area contributed by atoms with Crippen LogP contribution in [0.4, 0.5) is 0 Å². The van der Waals surface area contributed by atoms with Crippen LogP contribution in [0.5, 0.6) is 0 Å². The van der Waals surface area contributed by atoms with Gasteiger partial charge in [-0.1, -0.05) is 12.5 Å². The van der Waals surface area contributed by atoms with Gasteiger partial charge < -0.3 is 5.32 Å². The number of carbonyl (C=O) groups excluding carboxylic acids is 1. The summed E-state index contributed by atoms with van der Waals surface area (Å²) < 4.78 is 48.4. The first-order valence-corrected chi connectivity index (χ1v) is 11.3. The predicted molar refractivity (Wildman–Crippen MR) is 95.4 cm³/mol. The van der Waals surface area contributed by atoms with Gasteiger partial charge in [-0.2, -0.15) is 4.31 Å². The van der Waals surface area contributed by atoms with E-state index in [2.05, 4.69) is 5.32 Å². The number of sulfonamides is 1. The first kappa shape index (κ1) is 19.6. The van der Waals surface area contributed by atoms with Gasteiger partial charge in [-0.15, -0.1) is 0 Å². The zero-order chi connectivity index (χ0) is 18.5. The number of nitrogens with one attached hydrogen (secondary N) is 1. The second kappa shape index (κ2) is 8.11. The van der Waals surface area contributed by atoms with E-state index in [1.807, 2.05) is 0 Å². The third kappa shape index (κ3) is 5.65. The summed E-state index contributed by atoms with van der Waals surface area (Å²) in [6.07, 6.45) is 5.16. The standard InChI is InChI=1S/C16H22N2O5S2/c1-24(20,21)13-5-10-17-16(19)14-6-8-15(9-7-14)25(22,23)18-11-3-2-4-12-18/h5-9,13H,2-4,10-12H2,1H3,(H,17,19)/b13-5+. The van der Waals surface area contributed by atoms with Crippen molar-refractivity contribution in [1.29, 1.82) is 0 Å². The van der Waals surface area contributed by atoms with Gasteiger partial charge in [0, 0.05) is 36.9 Å². The number of hydrogen-bond donors (Lipinski definition) is 1. The average molecular weight is 386 g/mol. The van der Waals surface area contributed by atoms with Crippen LogP contribution in [0.1, 0.15) is 29.6 Å². The molecule has 1 fully saturated rings. The number of nitrogens with zero attached hydrogens (tertiary/aromatic N) is 1.